The number of ether oxygens (including phenoxy) is 1. The lowest BCUT2D eigenvalue weighted by molar-refractivity contribution is 0.0953. The molecule has 0 saturated carbocycles. The highest BCUT2D eigenvalue weighted by molar-refractivity contribution is 5.94. The molecule has 4 aromatic rings. The van der Waals surface area contributed by atoms with E-state index in [2.05, 4.69) is 58.4 Å². The Morgan fingerprint density at radius 2 is 1.75 bits per heavy atom. The minimum absolute atomic E-state index is 0.0831. The van der Waals surface area contributed by atoms with Crippen molar-refractivity contribution in [2.45, 2.75) is 32.2 Å². The second kappa shape index (κ2) is 10.6. The number of nitrogens with zero attached hydrogens (tertiary/aromatic N) is 2. The van der Waals surface area contributed by atoms with Gasteiger partial charge < -0.3 is 14.6 Å². The number of benzene rings is 3. The van der Waals surface area contributed by atoms with Crippen LogP contribution in [0.2, 0.25) is 0 Å². The Balaban J connectivity index is 1.35. The second-order valence-electron chi connectivity index (χ2n) is 7.85. The number of fused-ring (bicyclic) bond motifs is 1. The van der Waals surface area contributed by atoms with E-state index >= 15 is 0 Å². The van der Waals surface area contributed by atoms with Gasteiger partial charge in [0.05, 0.1) is 18.1 Å². The largest absolute Gasteiger partial charge is 0.497 e. The molecule has 0 fully saturated rings. The molecule has 0 aliphatic carbocycles. The van der Waals surface area contributed by atoms with Crippen molar-refractivity contribution in [2.75, 3.05) is 13.7 Å². The third-order valence-corrected chi connectivity index (χ3v) is 5.62. The normalized spacial score (nSPS) is 10.9. The summed E-state index contributed by atoms with van der Waals surface area (Å²) in [5.41, 5.74) is 4.18. The molecule has 4 rings (SSSR count). The number of hydrogen-bond acceptors (Lipinski definition) is 3. The minimum atomic E-state index is -0.0831. The lowest BCUT2D eigenvalue weighted by Gasteiger charge is -2.10. The van der Waals surface area contributed by atoms with Gasteiger partial charge in [0.2, 0.25) is 0 Å². The Hall–Kier alpha value is -3.60. The number of carbonyl (C=O) groups excluding carboxylic acids is 1. The molecule has 164 valence electrons. The summed E-state index contributed by atoms with van der Waals surface area (Å²) in [6, 6.07) is 26.1. The van der Waals surface area contributed by atoms with Gasteiger partial charge in [-0.3, -0.25) is 4.79 Å². The van der Waals surface area contributed by atoms with Crippen molar-refractivity contribution in [1.82, 2.24) is 14.9 Å². The molecule has 5 nitrogen and oxygen atoms in total. The van der Waals surface area contributed by atoms with Crippen molar-refractivity contribution >= 4 is 16.9 Å². The third-order valence-electron chi connectivity index (χ3n) is 5.62. The summed E-state index contributed by atoms with van der Waals surface area (Å²) >= 11 is 0. The zero-order valence-corrected chi connectivity index (χ0v) is 18.5. The third kappa shape index (κ3) is 5.35. The molecule has 0 saturated heterocycles. The fourth-order valence-electron chi connectivity index (χ4n) is 3.97. The van der Waals surface area contributed by atoms with Crippen molar-refractivity contribution in [3.8, 4) is 5.75 Å². The number of nitrogens with one attached hydrogen (secondary N) is 1. The number of hydrogen-bond donors (Lipinski definition) is 1. The van der Waals surface area contributed by atoms with Gasteiger partial charge in [0.15, 0.2) is 0 Å². The van der Waals surface area contributed by atoms with E-state index in [-0.39, 0.29) is 5.91 Å². The van der Waals surface area contributed by atoms with Crippen molar-refractivity contribution in [1.29, 1.82) is 0 Å². The van der Waals surface area contributed by atoms with Crippen molar-refractivity contribution < 1.29 is 9.53 Å². The van der Waals surface area contributed by atoms with Crippen LogP contribution in [0.5, 0.6) is 5.75 Å². The molecular formula is C27H29N3O2. The zero-order chi connectivity index (χ0) is 22.2. The lowest BCUT2D eigenvalue weighted by Crippen LogP contribution is -2.25. The van der Waals surface area contributed by atoms with Crippen molar-refractivity contribution in [3.05, 3.63) is 95.8 Å². The van der Waals surface area contributed by atoms with Gasteiger partial charge in [-0.2, -0.15) is 0 Å². The predicted octanol–water partition coefficient (Wildman–Crippen LogP) is 5.04. The molecule has 0 radical (unpaired) electrons. The van der Waals surface area contributed by atoms with E-state index in [9.17, 15) is 4.79 Å². The van der Waals surface area contributed by atoms with Crippen LogP contribution in [0.3, 0.4) is 0 Å². The summed E-state index contributed by atoms with van der Waals surface area (Å²) in [5.74, 6) is 1.68. The van der Waals surface area contributed by atoms with E-state index in [0.717, 1.165) is 43.6 Å². The quantitative estimate of drug-likeness (QED) is 0.361. The average molecular weight is 428 g/mol. The van der Waals surface area contributed by atoms with E-state index in [1.807, 2.05) is 18.2 Å². The molecule has 1 amide bonds. The maximum atomic E-state index is 12.4. The number of rotatable bonds is 10. The highest BCUT2D eigenvalue weighted by Gasteiger charge is 2.11. The topological polar surface area (TPSA) is 56.1 Å². The van der Waals surface area contributed by atoms with Crippen molar-refractivity contribution in [3.63, 3.8) is 0 Å². The SMILES string of the molecule is COc1cccc(C(=O)NCCCc2nc3ccccc3n2CCCc2ccccc2)c1. The van der Waals surface area contributed by atoms with Gasteiger partial charge in [-0.05, 0) is 55.2 Å². The van der Waals surface area contributed by atoms with Crippen LogP contribution >= 0.6 is 0 Å². The maximum Gasteiger partial charge on any atom is 0.251 e. The Kier molecular flexibility index (Phi) is 7.18. The monoisotopic (exact) mass is 427 g/mol. The minimum Gasteiger partial charge on any atom is -0.497 e. The van der Waals surface area contributed by atoms with Gasteiger partial charge in [-0.1, -0.05) is 48.5 Å². The summed E-state index contributed by atoms with van der Waals surface area (Å²) in [6.45, 7) is 1.53. The van der Waals surface area contributed by atoms with E-state index in [1.54, 1.807) is 19.2 Å². The molecule has 0 unspecified atom stereocenters. The van der Waals surface area contributed by atoms with Crippen LogP contribution in [0, 0.1) is 0 Å². The molecule has 3 aromatic carbocycles. The molecule has 0 aliphatic rings. The van der Waals surface area contributed by atoms with Crippen LogP contribution in [0.1, 0.15) is 34.6 Å². The standard InChI is InChI=1S/C27H29N3O2/c1-32-23-14-7-13-22(20-23)27(31)28-18-8-17-26-29-24-15-5-6-16-25(24)30(26)19-9-12-21-10-3-2-4-11-21/h2-7,10-11,13-16,20H,8-9,12,17-19H2,1H3,(H,28,31). The van der Waals surface area contributed by atoms with Crippen LogP contribution in [-0.4, -0.2) is 29.1 Å². The molecule has 1 N–H and O–H groups in total. The van der Waals surface area contributed by atoms with E-state index in [0.29, 0.717) is 17.9 Å². The number of aryl methyl sites for hydroxylation is 3. The first-order valence-corrected chi connectivity index (χ1v) is 11.1. The van der Waals surface area contributed by atoms with E-state index in [1.165, 1.54) is 11.1 Å². The molecule has 1 aromatic heterocycles. The van der Waals surface area contributed by atoms with Gasteiger partial charge >= 0.3 is 0 Å². The van der Waals surface area contributed by atoms with Crippen LogP contribution in [-0.2, 0) is 19.4 Å². The van der Waals surface area contributed by atoms with Crippen LogP contribution in [0.15, 0.2) is 78.9 Å². The first-order valence-electron chi connectivity index (χ1n) is 11.1. The summed E-state index contributed by atoms with van der Waals surface area (Å²) in [6.07, 6.45) is 3.75. The molecule has 32 heavy (non-hydrogen) atoms. The highest BCUT2D eigenvalue weighted by Crippen LogP contribution is 2.18. The lowest BCUT2D eigenvalue weighted by atomic mass is 10.1. The number of aromatic nitrogens is 2. The van der Waals surface area contributed by atoms with Gasteiger partial charge in [0.1, 0.15) is 11.6 Å². The van der Waals surface area contributed by atoms with Gasteiger partial charge in [0.25, 0.3) is 5.91 Å². The summed E-state index contributed by atoms with van der Waals surface area (Å²) in [5, 5.41) is 3.01. The van der Waals surface area contributed by atoms with Gasteiger partial charge in [-0.15, -0.1) is 0 Å². The fraction of sp³-hybridized carbons (Fsp3) is 0.259. The van der Waals surface area contributed by atoms with E-state index < -0.39 is 0 Å². The molecule has 1 heterocycles. The summed E-state index contributed by atoms with van der Waals surface area (Å²) in [4.78, 5) is 17.3. The van der Waals surface area contributed by atoms with E-state index in [4.69, 9.17) is 9.72 Å². The number of amides is 1. The van der Waals surface area contributed by atoms with Gasteiger partial charge in [-0.25, -0.2) is 4.98 Å². The van der Waals surface area contributed by atoms with Crippen LogP contribution < -0.4 is 10.1 Å². The second-order valence-corrected chi connectivity index (χ2v) is 7.85. The van der Waals surface area contributed by atoms with Crippen LogP contribution in [0.4, 0.5) is 0 Å². The smallest absolute Gasteiger partial charge is 0.251 e. The Labute approximate surface area is 189 Å². The first-order chi connectivity index (χ1) is 15.7. The number of imidazole rings is 1. The molecule has 5 heteroatoms. The fourth-order valence-corrected chi connectivity index (χ4v) is 3.97. The Bertz CT molecular complexity index is 1170. The highest BCUT2D eigenvalue weighted by atomic mass is 16.5. The zero-order valence-electron chi connectivity index (χ0n) is 18.5. The van der Waals surface area contributed by atoms with Crippen molar-refractivity contribution in [2.24, 2.45) is 0 Å². The van der Waals surface area contributed by atoms with Gasteiger partial charge in [0, 0.05) is 25.1 Å². The molecule has 0 atom stereocenters. The first kappa shape index (κ1) is 21.6. The summed E-state index contributed by atoms with van der Waals surface area (Å²) in [7, 11) is 1.60. The Morgan fingerprint density at radius 1 is 0.938 bits per heavy atom. The number of carbonyl (C=O) groups is 1. The average Bonchev–Trinajstić information content (AvgIpc) is 3.20. The number of methoxy groups -OCH3 is 1. The summed E-state index contributed by atoms with van der Waals surface area (Å²) < 4.78 is 7.54. The Morgan fingerprint density at radius 3 is 2.59 bits per heavy atom. The number of para-hydroxylation sites is 2. The predicted molar refractivity (Wildman–Crippen MR) is 128 cm³/mol. The molecule has 0 bridgehead atoms. The van der Waals surface area contributed by atoms with Crippen LogP contribution in [0.25, 0.3) is 11.0 Å². The molecule has 0 spiro atoms. The maximum absolute atomic E-state index is 12.4. The molecule has 0 aliphatic heterocycles. The molecular weight excluding hydrogens is 398 g/mol.